The van der Waals surface area contributed by atoms with Gasteiger partial charge >= 0.3 is 0 Å². The van der Waals surface area contributed by atoms with E-state index in [0.29, 0.717) is 29.4 Å². The molecule has 0 bridgehead atoms. The van der Waals surface area contributed by atoms with Gasteiger partial charge in [-0.1, -0.05) is 18.7 Å². The Morgan fingerprint density at radius 3 is 2.59 bits per heavy atom. The zero-order chi connectivity index (χ0) is 15.9. The first kappa shape index (κ1) is 16.3. The van der Waals surface area contributed by atoms with Crippen LogP contribution in [0, 0.1) is 0 Å². The largest absolute Gasteiger partial charge is 0.494 e. The number of ether oxygens (including phenoxy) is 1. The van der Waals surface area contributed by atoms with Gasteiger partial charge in [-0.3, -0.25) is 4.79 Å². The van der Waals surface area contributed by atoms with Gasteiger partial charge in [0.05, 0.1) is 17.9 Å². The van der Waals surface area contributed by atoms with Crippen LogP contribution in [0.2, 0.25) is 0 Å². The summed E-state index contributed by atoms with van der Waals surface area (Å²) >= 11 is 1.46. The number of nitrogens with zero attached hydrogens (tertiary/aromatic N) is 2. The second kappa shape index (κ2) is 7.79. The molecule has 0 fully saturated rings. The minimum Gasteiger partial charge on any atom is -0.494 e. The smallest absolute Gasteiger partial charge is 0.259 e. The van der Waals surface area contributed by atoms with Crippen LogP contribution >= 0.6 is 11.8 Å². The molecule has 0 unspecified atom stereocenters. The van der Waals surface area contributed by atoms with Crippen LogP contribution in [0.5, 0.6) is 5.75 Å². The van der Waals surface area contributed by atoms with E-state index in [4.69, 9.17) is 4.74 Å². The molecule has 1 aromatic heterocycles. The Morgan fingerprint density at radius 1 is 1.27 bits per heavy atom. The number of nitrogens with one attached hydrogen (secondary N) is 1. The molecule has 22 heavy (non-hydrogen) atoms. The van der Waals surface area contributed by atoms with Gasteiger partial charge in [-0.05, 0) is 43.9 Å². The Hall–Kier alpha value is -2.08. The summed E-state index contributed by atoms with van der Waals surface area (Å²) < 4.78 is 5.38. The first-order chi connectivity index (χ1) is 10.7. The molecule has 1 aromatic carbocycles. The first-order valence-electron chi connectivity index (χ1n) is 7.12. The number of carbonyl (C=O) groups is 1. The summed E-state index contributed by atoms with van der Waals surface area (Å²) in [5.74, 6) is 0.580. The van der Waals surface area contributed by atoms with Gasteiger partial charge in [-0.25, -0.2) is 9.97 Å². The fourth-order valence-electron chi connectivity index (χ4n) is 1.96. The van der Waals surface area contributed by atoms with Crippen molar-refractivity contribution in [2.45, 2.75) is 25.4 Å². The van der Waals surface area contributed by atoms with Crippen LogP contribution in [-0.4, -0.2) is 28.7 Å². The summed E-state index contributed by atoms with van der Waals surface area (Å²) in [4.78, 5) is 20.9. The second-order valence-corrected chi connectivity index (χ2v) is 5.26. The van der Waals surface area contributed by atoms with E-state index >= 15 is 0 Å². The van der Waals surface area contributed by atoms with E-state index in [9.17, 15) is 4.79 Å². The molecule has 2 aromatic rings. The summed E-state index contributed by atoms with van der Waals surface area (Å²) in [6, 6.07) is 7.28. The molecule has 0 saturated carbocycles. The third kappa shape index (κ3) is 3.98. The van der Waals surface area contributed by atoms with Crippen LogP contribution < -0.4 is 10.1 Å². The predicted octanol–water partition coefficient (Wildman–Crippen LogP) is 3.41. The molecule has 116 valence electrons. The third-order valence-electron chi connectivity index (χ3n) is 3.03. The normalized spacial score (nSPS) is 10.3. The van der Waals surface area contributed by atoms with Crippen LogP contribution in [0.4, 0.5) is 5.69 Å². The van der Waals surface area contributed by atoms with Gasteiger partial charge in [0.15, 0.2) is 5.16 Å². The third-order valence-corrected chi connectivity index (χ3v) is 3.59. The Morgan fingerprint density at radius 2 is 2.00 bits per heavy atom. The van der Waals surface area contributed by atoms with E-state index in [0.717, 1.165) is 11.4 Å². The molecule has 0 saturated heterocycles. The number of hydrogen-bond donors (Lipinski definition) is 1. The monoisotopic (exact) mass is 317 g/mol. The lowest BCUT2D eigenvalue weighted by atomic mass is 10.1. The van der Waals surface area contributed by atoms with Crippen molar-refractivity contribution in [2.24, 2.45) is 0 Å². The van der Waals surface area contributed by atoms with Crippen molar-refractivity contribution in [3.05, 3.63) is 41.7 Å². The van der Waals surface area contributed by atoms with Gasteiger partial charge in [0.25, 0.3) is 5.91 Å². The highest BCUT2D eigenvalue weighted by Crippen LogP contribution is 2.18. The quantitative estimate of drug-likeness (QED) is 0.653. The summed E-state index contributed by atoms with van der Waals surface area (Å²) in [7, 11) is 0. The Bertz CT molecular complexity index is 644. The van der Waals surface area contributed by atoms with Crippen molar-refractivity contribution in [3.8, 4) is 5.75 Å². The van der Waals surface area contributed by atoms with Gasteiger partial charge in [0, 0.05) is 11.9 Å². The number of thioether (sulfide) groups is 1. The van der Waals surface area contributed by atoms with E-state index in [1.807, 2.05) is 44.4 Å². The molecule has 1 amide bonds. The van der Waals surface area contributed by atoms with Crippen molar-refractivity contribution in [3.63, 3.8) is 0 Å². The fourth-order valence-corrected chi connectivity index (χ4v) is 2.32. The van der Waals surface area contributed by atoms with Crippen molar-refractivity contribution in [1.82, 2.24) is 9.97 Å². The van der Waals surface area contributed by atoms with Crippen LogP contribution in [0.25, 0.3) is 0 Å². The Balaban J connectivity index is 2.14. The van der Waals surface area contributed by atoms with Crippen LogP contribution in [0.3, 0.4) is 0 Å². The zero-order valence-electron chi connectivity index (χ0n) is 12.9. The Labute approximate surface area is 134 Å². The molecule has 0 atom stereocenters. The van der Waals surface area contributed by atoms with Crippen LogP contribution in [0.1, 0.15) is 29.9 Å². The first-order valence-corrected chi connectivity index (χ1v) is 8.34. The van der Waals surface area contributed by atoms with E-state index < -0.39 is 0 Å². The number of aromatic nitrogens is 2. The highest BCUT2D eigenvalue weighted by molar-refractivity contribution is 7.98. The molecule has 0 aliphatic carbocycles. The molecule has 6 heteroatoms. The number of anilines is 1. The minimum atomic E-state index is -0.200. The van der Waals surface area contributed by atoms with Gasteiger partial charge in [0.1, 0.15) is 5.75 Å². The van der Waals surface area contributed by atoms with Crippen molar-refractivity contribution in [1.29, 1.82) is 0 Å². The maximum absolute atomic E-state index is 12.4. The molecule has 0 spiro atoms. The van der Waals surface area contributed by atoms with Gasteiger partial charge < -0.3 is 10.1 Å². The highest BCUT2D eigenvalue weighted by Gasteiger charge is 2.13. The predicted molar refractivity (Wildman–Crippen MR) is 88.8 cm³/mol. The lowest BCUT2D eigenvalue weighted by molar-refractivity contribution is 0.102. The summed E-state index contributed by atoms with van der Waals surface area (Å²) in [5, 5.41) is 3.53. The van der Waals surface area contributed by atoms with Crippen LogP contribution in [0.15, 0.2) is 35.6 Å². The molecule has 0 aliphatic heterocycles. The summed E-state index contributed by atoms with van der Waals surface area (Å²) in [6.07, 6.45) is 4.18. The topological polar surface area (TPSA) is 64.1 Å². The fraction of sp³-hybridized carbons (Fsp3) is 0.312. The van der Waals surface area contributed by atoms with Crippen molar-refractivity contribution in [2.75, 3.05) is 18.2 Å². The number of hydrogen-bond acceptors (Lipinski definition) is 5. The maximum Gasteiger partial charge on any atom is 0.259 e. The van der Waals surface area contributed by atoms with Crippen LogP contribution in [-0.2, 0) is 6.42 Å². The summed E-state index contributed by atoms with van der Waals surface area (Å²) in [6.45, 7) is 4.52. The lowest BCUT2D eigenvalue weighted by Gasteiger charge is -2.09. The SMILES string of the molecule is CCOc1ccc(NC(=O)c2cnc(SC)nc2CC)cc1. The van der Waals surface area contributed by atoms with Crippen molar-refractivity contribution >= 4 is 23.4 Å². The van der Waals surface area contributed by atoms with E-state index in [1.54, 1.807) is 6.20 Å². The number of rotatable bonds is 6. The molecule has 0 radical (unpaired) electrons. The standard InChI is InChI=1S/C16H19N3O2S/c1-4-14-13(10-17-16(19-14)22-3)15(20)18-11-6-8-12(9-7-11)21-5-2/h6-10H,4-5H2,1-3H3,(H,18,20). The van der Waals surface area contributed by atoms with E-state index in [1.165, 1.54) is 11.8 Å². The molecular weight excluding hydrogens is 298 g/mol. The minimum absolute atomic E-state index is 0.200. The molecule has 1 N–H and O–H groups in total. The molecular formula is C16H19N3O2S. The Kier molecular flexibility index (Phi) is 5.77. The zero-order valence-corrected chi connectivity index (χ0v) is 13.7. The van der Waals surface area contributed by atoms with Gasteiger partial charge in [-0.2, -0.15) is 0 Å². The van der Waals surface area contributed by atoms with Crippen molar-refractivity contribution < 1.29 is 9.53 Å². The number of amides is 1. The molecule has 5 nitrogen and oxygen atoms in total. The van der Waals surface area contributed by atoms with Gasteiger partial charge in [-0.15, -0.1) is 0 Å². The van der Waals surface area contributed by atoms with E-state index in [2.05, 4.69) is 15.3 Å². The average molecular weight is 317 g/mol. The molecule has 2 rings (SSSR count). The number of carbonyl (C=O) groups excluding carboxylic acids is 1. The van der Waals surface area contributed by atoms with Gasteiger partial charge in [0.2, 0.25) is 0 Å². The second-order valence-electron chi connectivity index (χ2n) is 4.48. The average Bonchev–Trinajstić information content (AvgIpc) is 2.56. The number of benzene rings is 1. The highest BCUT2D eigenvalue weighted by atomic mass is 32.2. The number of aryl methyl sites for hydroxylation is 1. The maximum atomic E-state index is 12.4. The van der Waals surface area contributed by atoms with E-state index in [-0.39, 0.29) is 5.91 Å². The molecule has 0 aliphatic rings. The summed E-state index contributed by atoms with van der Waals surface area (Å²) in [5.41, 5.74) is 1.97. The lowest BCUT2D eigenvalue weighted by Crippen LogP contribution is -2.16. The molecule has 1 heterocycles.